The third kappa shape index (κ3) is 9.00. The van der Waals surface area contributed by atoms with E-state index in [-0.39, 0.29) is 45.1 Å². The number of rotatable bonds is 14. The molecule has 0 spiro atoms. The number of ether oxygens (including phenoxy) is 1. The van der Waals surface area contributed by atoms with Gasteiger partial charge in [0.05, 0.1) is 29.1 Å². The number of phenols is 1. The van der Waals surface area contributed by atoms with Crippen molar-refractivity contribution in [3.05, 3.63) is 96.1 Å². The highest BCUT2D eigenvalue weighted by Gasteiger charge is 2.25. The lowest BCUT2D eigenvalue weighted by Crippen LogP contribution is -2.09. The van der Waals surface area contributed by atoms with E-state index in [1.807, 2.05) is 19.1 Å². The maximum atomic E-state index is 13.2. The zero-order valence-electron chi connectivity index (χ0n) is 27.5. The number of azo groups is 2. The van der Waals surface area contributed by atoms with Gasteiger partial charge < -0.3 is 23.9 Å². The molecule has 0 amide bonds. The molecule has 0 radical (unpaired) electrons. The lowest BCUT2D eigenvalue weighted by atomic mass is 10.0. The monoisotopic (exact) mass is 751 g/mol. The van der Waals surface area contributed by atoms with Crippen LogP contribution in [0.1, 0.15) is 18.1 Å². The molecule has 5 aromatic carbocycles. The Labute approximate surface area is 299 Å². The van der Waals surface area contributed by atoms with E-state index in [1.165, 1.54) is 25.3 Å². The Balaban J connectivity index is 1.49. The van der Waals surface area contributed by atoms with Crippen LogP contribution in [0.5, 0.6) is 17.2 Å². The third-order valence-electron chi connectivity index (χ3n) is 7.37. The second-order valence-electron chi connectivity index (χ2n) is 10.9. The molecule has 51 heavy (non-hydrogen) atoms. The van der Waals surface area contributed by atoms with E-state index in [9.17, 15) is 26.5 Å². The van der Waals surface area contributed by atoms with Gasteiger partial charge in [0.25, 0.3) is 10.1 Å². The van der Waals surface area contributed by atoms with Gasteiger partial charge in [-0.1, -0.05) is 31.2 Å². The zero-order chi connectivity index (χ0) is 36.7. The van der Waals surface area contributed by atoms with Crippen molar-refractivity contribution < 1.29 is 39.6 Å². The van der Waals surface area contributed by atoms with Crippen LogP contribution in [0, 0.1) is 6.92 Å². The number of benzene rings is 5. The Morgan fingerprint density at radius 3 is 2.16 bits per heavy atom. The van der Waals surface area contributed by atoms with Gasteiger partial charge in [-0.2, -0.15) is 13.5 Å². The molecular formula is C34H33N5O9S3. The molecule has 0 saturated heterocycles. The molecule has 5 aromatic rings. The van der Waals surface area contributed by atoms with E-state index in [0.29, 0.717) is 22.7 Å². The van der Waals surface area contributed by atoms with E-state index in [4.69, 9.17) is 18.8 Å². The second kappa shape index (κ2) is 16.3. The van der Waals surface area contributed by atoms with Gasteiger partial charge in [0.1, 0.15) is 38.4 Å². The van der Waals surface area contributed by atoms with Gasteiger partial charge in [-0.15, -0.1) is 15.3 Å². The first-order valence-corrected chi connectivity index (χ1v) is 19.0. The lowest BCUT2D eigenvalue weighted by Gasteiger charge is -2.13. The van der Waals surface area contributed by atoms with Crippen LogP contribution in [-0.4, -0.2) is 46.0 Å². The SMILES string of the molecule is CCc1ccc(OS(=O)c2ccccc2N=Nc2c(S(=O)(=O)O)cc3cc(C)c(N=Nc4ccc(OS(=O)CCOC)cc4)c(N)c3c2O)cc1. The fraction of sp³-hybridized carbons (Fsp3) is 0.176. The number of aromatic hydroxyl groups is 1. The standard InChI is InChI=1S/C34H33N5O9S3/c1-4-22-9-13-26(14-10-22)48-50(42)28-8-6-5-7-27(28)37-39-33-29(51(43,44)45)20-23-19-21(2)32(31(35)30(23)34(33)40)38-36-24-11-15-25(16-12-24)47-49(41)18-17-46-3/h5-16,19-20,40H,4,17-18,35H2,1-3H3,(H,43,44,45). The van der Waals surface area contributed by atoms with Crippen LogP contribution < -0.4 is 14.1 Å². The van der Waals surface area contributed by atoms with Crippen LogP contribution in [0.15, 0.2) is 115 Å². The minimum atomic E-state index is -4.94. The van der Waals surface area contributed by atoms with Gasteiger partial charge in [-0.25, -0.2) is 8.42 Å². The third-order valence-corrected chi connectivity index (χ3v) is 10.2. The van der Waals surface area contributed by atoms with Crippen LogP contribution in [0.3, 0.4) is 0 Å². The van der Waals surface area contributed by atoms with Crippen LogP contribution in [0.2, 0.25) is 0 Å². The highest BCUT2D eigenvalue weighted by molar-refractivity contribution is 7.86. The number of nitrogens with zero attached hydrogens (tertiary/aromatic N) is 4. The molecule has 17 heteroatoms. The van der Waals surface area contributed by atoms with Crippen molar-refractivity contribution in [3.8, 4) is 17.2 Å². The summed E-state index contributed by atoms with van der Waals surface area (Å²) in [5.74, 6) is 0.216. The summed E-state index contributed by atoms with van der Waals surface area (Å²) >= 11 is -3.62. The number of hydrogen-bond acceptors (Lipinski definition) is 13. The van der Waals surface area contributed by atoms with Crippen LogP contribution in [-0.2, 0) is 43.4 Å². The predicted molar refractivity (Wildman–Crippen MR) is 194 cm³/mol. The van der Waals surface area contributed by atoms with Gasteiger partial charge in [0.2, 0.25) is 22.2 Å². The quantitative estimate of drug-likeness (QED) is 0.0567. The second-order valence-corrected chi connectivity index (χ2v) is 14.5. The number of hydrogen-bond donors (Lipinski definition) is 3. The van der Waals surface area contributed by atoms with E-state index < -0.39 is 48.6 Å². The fourth-order valence-electron chi connectivity index (χ4n) is 4.78. The van der Waals surface area contributed by atoms with Gasteiger partial charge in [-0.05, 0) is 90.5 Å². The Kier molecular flexibility index (Phi) is 11.9. The summed E-state index contributed by atoms with van der Waals surface area (Å²) in [6.45, 7) is 3.95. The minimum absolute atomic E-state index is 0.0195. The number of aryl methyl sites for hydroxylation is 2. The van der Waals surface area contributed by atoms with Crippen molar-refractivity contribution in [2.45, 2.75) is 30.1 Å². The smallest absolute Gasteiger partial charge is 0.296 e. The van der Waals surface area contributed by atoms with Gasteiger partial charge >= 0.3 is 0 Å². The first kappa shape index (κ1) is 37.2. The zero-order valence-corrected chi connectivity index (χ0v) is 30.0. The molecule has 2 unspecified atom stereocenters. The van der Waals surface area contributed by atoms with Crippen molar-refractivity contribution in [3.63, 3.8) is 0 Å². The largest absolute Gasteiger partial charge is 0.505 e. The number of anilines is 1. The topological polar surface area (TPSA) is 212 Å². The average molecular weight is 752 g/mol. The molecule has 14 nitrogen and oxygen atoms in total. The number of fused-ring (bicyclic) bond motifs is 1. The predicted octanol–water partition coefficient (Wildman–Crippen LogP) is 7.87. The molecule has 0 aliphatic rings. The molecule has 2 atom stereocenters. The van der Waals surface area contributed by atoms with Gasteiger partial charge in [0.15, 0.2) is 5.75 Å². The first-order valence-electron chi connectivity index (χ1n) is 15.2. The van der Waals surface area contributed by atoms with E-state index in [0.717, 1.165) is 18.1 Å². The number of nitrogen functional groups attached to an aromatic ring is 1. The van der Waals surface area contributed by atoms with E-state index in [1.54, 1.807) is 55.5 Å². The fourth-order valence-corrected chi connectivity index (χ4v) is 7.00. The maximum absolute atomic E-state index is 13.2. The summed E-state index contributed by atoms with van der Waals surface area (Å²) in [5, 5.41) is 28.1. The maximum Gasteiger partial charge on any atom is 0.296 e. The van der Waals surface area contributed by atoms with Gasteiger partial charge in [0, 0.05) is 7.11 Å². The highest BCUT2D eigenvalue weighted by Crippen LogP contribution is 2.47. The molecule has 0 aromatic heterocycles. The molecule has 0 heterocycles. The summed E-state index contributed by atoms with van der Waals surface area (Å²) < 4.78 is 76.1. The number of phenolic OH excluding ortho intramolecular Hbond substituents is 1. The molecular weight excluding hydrogens is 719 g/mol. The molecule has 0 aliphatic heterocycles. The molecule has 5 rings (SSSR count). The first-order chi connectivity index (χ1) is 24.4. The molecule has 0 aliphatic carbocycles. The number of nitrogens with two attached hydrogens (primary N) is 1. The Hall–Kier alpha value is -5.07. The summed E-state index contributed by atoms with van der Waals surface area (Å²) in [6, 6.07) is 22.2. The molecule has 0 fully saturated rings. The average Bonchev–Trinajstić information content (AvgIpc) is 3.10. The molecule has 0 saturated carbocycles. The van der Waals surface area contributed by atoms with Crippen LogP contribution in [0.25, 0.3) is 10.8 Å². The van der Waals surface area contributed by atoms with E-state index >= 15 is 0 Å². The highest BCUT2D eigenvalue weighted by atomic mass is 32.2. The Morgan fingerprint density at radius 1 is 0.843 bits per heavy atom. The van der Waals surface area contributed by atoms with Crippen molar-refractivity contribution in [1.82, 2.24) is 0 Å². The van der Waals surface area contributed by atoms with Crippen molar-refractivity contribution in [2.75, 3.05) is 25.2 Å². The normalized spacial score (nSPS) is 13.2. The summed E-state index contributed by atoms with van der Waals surface area (Å²) in [4.78, 5) is -0.618. The summed E-state index contributed by atoms with van der Waals surface area (Å²) in [5.41, 5.74) is 7.99. The molecule has 0 bridgehead atoms. The molecule has 4 N–H and O–H groups in total. The van der Waals surface area contributed by atoms with Crippen LogP contribution in [0.4, 0.5) is 28.4 Å². The minimum Gasteiger partial charge on any atom is -0.505 e. The van der Waals surface area contributed by atoms with Crippen molar-refractivity contribution >= 4 is 71.5 Å². The van der Waals surface area contributed by atoms with Crippen molar-refractivity contribution in [1.29, 1.82) is 0 Å². The number of methoxy groups -OCH3 is 1. The van der Waals surface area contributed by atoms with E-state index in [2.05, 4.69) is 20.5 Å². The molecule has 266 valence electrons. The summed E-state index contributed by atoms with van der Waals surface area (Å²) in [7, 11) is -3.44. The van der Waals surface area contributed by atoms with Crippen molar-refractivity contribution in [2.24, 2.45) is 20.5 Å². The lowest BCUT2D eigenvalue weighted by molar-refractivity contribution is 0.217. The van der Waals surface area contributed by atoms with Gasteiger partial charge in [-0.3, -0.25) is 4.55 Å². The Morgan fingerprint density at radius 2 is 1.49 bits per heavy atom. The Bertz CT molecular complexity index is 2280. The summed E-state index contributed by atoms with van der Waals surface area (Å²) in [6.07, 6.45) is 0.823. The van der Waals surface area contributed by atoms with Crippen LogP contribution >= 0.6 is 0 Å².